The molecule has 0 atom stereocenters. The second kappa shape index (κ2) is 11.0. The van der Waals surface area contributed by atoms with Crippen LogP contribution in [0.3, 0.4) is 0 Å². The molecule has 202 valence electrons. The average Bonchev–Trinajstić information content (AvgIpc) is 3.14. The van der Waals surface area contributed by atoms with Crippen molar-refractivity contribution in [1.29, 1.82) is 0 Å². The molecule has 1 N–H and O–H groups in total. The average molecular weight is 792 g/mol. The number of carbonyl (C=O) groups excluding carboxylic acids is 3. The highest BCUT2D eigenvalue weighted by Crippen LogP contribution is 2.62. The lowest BCUT2D eigenvalue weighted by Crippen LogP contribution is -2.33. The van der Waals surface area contributed by atoms with Crippen molar-refractivity contribution < 1.29 is 43.2 Å². The zero-order valence-electron chi connectivity index (χ0n) is 20.2. The molecule has 2 aliphatic rings. The molecule has 0 saturated heterocycles. The Hall–Kier alpha value is -2.74. The van der Waals surface area contributed by atoms with Crippen LogP contribution >= 0.6 is 63.7 Å². The molecule has 2 heterocycles. The smallest absolute Gasteiger partial charge is 0.340 e. The second-order valence-corrected chi connectivity index (χ2v) is 11.5. The lowest BCUT2D eigenvalue weighted by Gasteiger charge is -2.38. The zero-order chi connectivity index (χ0) is 28.8. The first-order valence-electron chi connectivity index (χ1n) is 10.9. The van der Waals surface area contributed by atoms with Gasteiger partial charge in [-0.05, 0) is 81.9 Å². The summed E-state index contributed by atoms with van der Waals surface area (Å²) in [6.07, 6.45) is 0. The third kappa shape index (κ3) is 5.12. The standard InChI is InChI=1S/C24H12Br4O7.C2H4O2/c1-9(29)32-21-15(25)7-13-19(17(21)27)34-20-14(8-16(26)22(18(20)28)33-10(2)30)24(13)12-6-4-3-5-11(12)23(31)35-24;1-2(3)4/h3-8H,1-2H3;1H3,(H,3,4). The Labute approximate surface area is 255 Å². The summed E-state index contributed by atoms with van der Waals surface area (Å²) in [5.74, 6) is -1.49. The van der Waals surface area contributed by atoms with Gasteiger partial charge >= 0.3 is 17.9 Å². The van der Waals surface area contributed by atoms with E-state index < -0.39 is 29.5 Å². The summed E-state index contributed by atoms with van der Waals surface area (Å²) in [4.78, 5) is 45.6. The van der Waals surface area contributed by atoms with E-state index in [0.29, 0.717) is 40.1 Å². The minimum absolute atomic E-state index is 0.195. The number of hydrogen-bond acceptors (Lipinski definition) is 8. The summed E-state index contributed by atoms with van der Waals surface area (Å²) < 4.78 is 24.8. The number of fused-ring (bicyclic) bond motifs is 6. The summed E-state index contributed by atoms with van der Waals surface area (Å²) in [6.45, 7) is 3.65. The largest absolute Gasteiger partial charge is 0.481 e. The molecule has 2 aliphatic heterocycles. The first kappa shape index (κ1) is 29.2. The van der Waals surface area contributed by atoms with Gasteiger partial charge in [0.05, 0.1) is 25.6 Å². The van der Waals surface area contributed by atoms with Gasteiger partial charge in [-0.25, -0.2) is 4.79 Å². The van der Waals surface area contributed by atoms with Crippen LogP contribution in [0.15, 0.2) is 54.3 Å². The Morgan fingerprint density at radius 3 is 1.67 bits per heavy atom. The van der Waals surface area contributed by atoms with Crippen LogP contribution in [0.5, 0.6) is 23.0 Å². The highest BCUT2D eigenvalue weighted by molar-refractivity contribution is 9.11. The fraction of sp³-hybridized carbons (Fsp3) is 0.154. The molecule has 39 heavy (non-hydrogen) atoms. The Morgan fingerprint density at radius 2 is 1.23 bits per heavy atom. The van der Waals surface area contributed by atoms with E-state index in [1.165, 1.54) is 13.8 Å². The highest BCUT2D eigenvalue weighted by atomic mass is 79.9. The summed E-state index contributed by atoms with van der Waals surface area (Å²) in [7, 11) is 0. The van der Waals surface area contributed by atoms with Crippen LogP contribution < -0.4 is 14.2 Å². The Kier molecular flexibility index (Phi) is 8.27. The van der Waals surface area contributed by atoms with Crippen molar-refractivity contribution in [3.63, 3.8) is 0 Å². The van der Waals surface area contributed by atoms with E-state index in [0.717, 1.165) is 6.92 Å². The number of carboxylic acids is 1. The van der Waals surface area contributed by atoms with Gasteiger partial charge in [-0.15, -0.1) is 0 Å². The molecular weight excluding hydrogens is 776 g/mol. The van der Waals surface area contributed by atoms with Crippen molar-refractivity contribution in [2.45, 2.75) is 26.4 Å². The summed E-state index contributed by atoms with van der Waals surface area (Å²) in [6, 6.07) is 10.5. The van der Waals surface area contributed by atoms with Crippen LogP contribution in [0, 0.1) is 0 Å². The Morgan fingerprint density at radius 1 is 0.795 bits per heavy atom. The molecule has 0 unspecified atom stereocenters. The van der Waals surface area contributed by atoms with Gasteiger partial charge in [0.1, 0.15) is 8.95 Å². The van der Waals surface area contributed by atoms with Crippen LogP contribution in [0.25, 0.3) is 0 Å². The first-order valence-corrected chi connectivity index (χ1v) is 14.1. The van der Waals surface area contributed by atoms with Gasteiger partial charge in [0.15, 0.2) is 28.6 Å². The van der Waals surface area contributed by atoms with Crippen LogP contribution in [0.2, 0.25) is 0 Å². The van der Waals surface area contributed by atoms with Crippen LogP contribution in [-0.4, -0.2) is 29.0 Å². The van der Waals surface area contributed by atoms with Gasteiger partial charge in [-0.1, -0.05) is 18.2 Å². The fourth-order valence-corrected chi connectivity index (χ4v) is 6.96. The topological polar surface area (TPSA) is 125 Å². The zero-order valence-corrected chi connectivity index (χ0v) is 26.5. The third-order valence-corrected chi connectivity index (χ3v) is 8.11. The molecule has 3 aromatic rings. The number of hydrogen-bond donors (Lipinski definition) is 1. The number of halogens is 4. The predicted octanol–water partition coefficient (Wildman–Crippen LogP) is 7.25. The van der Waals surface area contributed by atoms with Crippen molar-refractivity contribution in [2.24, 2.45) is 0 Å². The van der Waals surface area contributed by atoms with Crippen LogP contribution in [0.4, 0.5) is 0 Å². The second-order valence-electron chi connectivity index (χ2n) is 8.18. The lowest BCUT2D eigenvalue weighted by molar-refractivity contribution is -0.134. The van der Waals surface area contributed by atoms with Crippen molar-refractivity contribution in [2.75, 3.05) is 0 Å². The minimum Gasteiger partial charge on any atom is -0.481 e. The molecule has 0 aliphatic carbocycles. The van der Waals surface area contributed by atoms with Gasteiger partial charge < -0.3 is 24.1 Å². The van der Waals surface area contributed by atoms with E-state index in [2.05, 4.69) is 63.7 Å². The van der Waals surface area contributed by atoms with E-state index in [-0.39, 0.29) is 23.0 Å². The Bertz CT molecular complexity index is 1500. The van der Waals surface area contributed by atoms with E-state index in [4.69, 9.17) is 28.8 Å². The number of carboxylic acid groups (broad SMARTS) is 1. The molecule has 0 radical (unpaired) electrons. The number of esters is 3. The molecule has 1 spiro atoms. The normalized spacial score (nSPS) is 13.6. The molecule has 9 nitrogen and oxygen atoms in total. The van der Waals surface area contributed by atoms with Crippen LogP contribution in [-0.2, 0) is 24.7 Å². The molecule has 0 saturated carbocycles. The van der Waals surface area contributed by atoms with E-state index in [1.807, 2.05) is 12.1 Å². The van der Waals surface area contributed by atoms with E-state index in [9.17, 15) is 14.4 Å². The number of rotatable bonds is 2. The molecule has 3 aromatic carbocycles. The number of benzene rings is 3. The maximum absolute atomic E-state index is 13.1. The van der Waals surface area contributed by atoms with Crippen molar-refractivity contribution in [3.8, 4) is 23.0 Å². The summed E-state index contributed by atoms with van der Waals surface area (Å²) in [5.41, 5.74) is 0.595. The molecule has 13 heteroatoms. The summed E-state index contributed by atoms with van der Waals surface area (Å²) in [5, 5.41) is 7.42. The van der Waals surface area contributed by atoms with Crippen molar-refractivity contribution in [1.82, 2.24) is 0 Å². The molecule has 0 fully saturated rings. The van der Waals surface area contributed by atoms with E-state index >= 15 is 0 Å². The molecule has 0 aromatic heterocycles. The molecule has 5 rings (SSSR count). The van der Waals surface area contributed by atoms with Gasteiger partial charge in [0.2, 0.25) is 0 Å². The summed E-state index contributed by atoms with van der Waals surface area (Å²) >= 11 is 13.9. The van der Waals surface area contributed by atoms with E-state index in [1.54, 1.807) is 24.3 Å². The fourth-order valence-electron chi connectivity index (χ4n) is 4.23. The van der Waals surface area contributed by atoms with Gasteiger partial charge in [-0.2, -0.15) is 0 Å². The maximum Gasteiger partial charge on any atom is 0.340 e. The quantitative estimate of drug-likeness (QED) is 0.211. The number of ether oxygens (including phenoxy) is 4. The monoisotopic (exact) mass is 788 g/mol. The number of aliphatic carboxylic acids is 1. The molecule has 0 amide bonds. The minimum atomic E-state index is -1.41. The SMILES string of the molecule is CC(=O)O.CC(=O)Oc1c(Br)cc2c(c1Br)Oc1c(cc(Br)c(OC(C)=O)c1Br)C21OC(=O)c2ccccc21. The first-order chi connectivity index (χ1) is 18.3. The predicted molar refractivity (Wildman–Crippen MR) is 151 cm³/mol. The number of carbonyl (C=O) groups is 4. The van der Waals surface area contributed by atoms with Gasteiger partial charge in [-0.3, -0.25) is 14.4 Å². The molecule has 0 bridgehead atoms. The van der Waals surface area contributed by atoms with Crippen molar-refractivity contribution >= 4 is 87.6 Å². The van der Waals surface area contributed by atoms with Gasteiger partial charge in [0, 0.05) is 26.3 Å². The lowest BCUT2D eigenvalue weighted by atomic mass is 9.77. The van der Waals surface area contributed by atoms with Gasteiger partial charge in [0.25, 0.3) is 5.97 Å². The van der Waals surface area contributed by atoms with Crippen molar-refractivity contribution in [3.05, 3.63) is 76.5 Å². The van der Waals surface area contributed by atoms with Crippen LogP contribution in [0.1, 0.15) is 47.8 Å². The maximum atomic E-state index is 13.1. The highest BCUT2D eigenvalue weighted by Gasteiger charge is 2.55. The molecular formula is C26H16Br4O9. The third-order valence-electron chi connectivity index (χ3n) is 5.49. The Balaban J connectivity index is 0.000000826.